The number of anilines is 2. The van der Waals surface area contributed by atoms with E-state index >= 15 is 0 Å². The first-order valence-electron chi connectivity index (χ1n) is 5.87. The smallest absolute Gasteiger partial charge is 0.308 e. The van der Waals surface area contributed by atoms with E-state index in [2.05, 4.69) is 10.6 Å². The largest absolute Gasteiger partial charge is 0.323 e. The van der Waals surface area contributed by atoms with E-state index in [1.165, 1.54) is 0 Å². The van der Waals surface area contributed by atoms with Gasteiger partial charge in [-0.1, -0.05) is 29.8 Å². The second-order valence-corrected chi connectivity index (χ2v) is 4.19. The number of benzene rings is 2. The van der Waals surface area contributed by atoms with Crippen molar-refractivity contribution in [1.82, 2.24) is 0 Å². The molecule has 0 radical (unpaired) electrons. The highest BCUT2D eigenvalue weighted by Crippen LogP contribution is 2.11. The van der Waals surface area contributed by atoms with Crippen molar-refractivity contribution in [2.24, 2.45) is 0 Å². The van der Waals surface area contributed by atoms with Gasteiger partial charge in [-0.15, -0.1) is 0 Å². The number of hydrogen-bond acceptors (Lipinski definition) is 2. The Morgan fingerprint density at radius 1 is 1.00 bits per heavy atom. The number of aryl methyl sites for hydroxylation is 1. The summed E-state index contributed by atoms with van der Waals surface area (Å²) in [5.41, 5.74) is 2.95. The van der Waals surface area contributed by atoms with Gasteiger partial charge in [0.25, 0.3) is 0 Å². The normalized spacial score (nSPS) is 9.74. The van der Waals surface area contributed by atoms with E-state index in [1.807, 2.05) is 31.2 Å². The third-order valence-corrected chi connectivity index (χ3v) is 2.59. The molecule has 0 aromatic heterocycles. The van der Waals surface area contributed by atoms with Gasteiger partial charge in [-0.2, -0.15) is 0 Å². The molecule has 0 aliphatic heterocycles. The third-order valence-electron chi connectivity index (χ3n) is 2.59. The molecule has 0 unspecified atom stereocenters. The minimum atomic E-state index is -0.341. The van der Waals surface area contributed by atoms with Gasteiger partial charge in [0.2, 0.25) is 0 Å². The summed E-state index contributed by atoms with van der Waals surface area (Å²) in [5, 5.41) is 5.39. The zero-order chi connectivity index (χ0) is 13.7. The maximum absolute atomic E-state index is 11.8. The second kappa shape index (κ2) is 5.82. The number of amides is 2. The van der Waals surface area contributed by atoms with Gasteiger partial charge < -0.3 is 10.6 Å². The average Bonchev–Trinajstić information content (AvgIpc) is 2.41. The molecule has 0 aliphatic rings. The predicted octanol–water partition coefficient (Wildman–Crippen LogP) is 3.45. The van der Waals surface area contributed by atoms with E-state index in [4.69, 9.17) is 0 Å². The van der Waals surface area contributed by atoms with Crippen LogP contribution in [-0.2, 0) is 0 Å². The van der Waals surface area contributed by atoms with Crippen LogP contribution in [0.5, 0.6) is 0 Å². The van der Waals surface area contributed by atoms with Crippen molar-refractivity contribution in [2.75, 3.05) is 10.6 Å². The summed E-state index contributed by atoms with van der Waals surface area (Å²) < 4.78 is 0. The maximum atomic E-state index is 11.8. The fourth-order valence-electron chi connectivity index (χ4n) is 1.62. The molecule has 19 heavy (non-hydrogen) atoms. The van der Waals surface area contributed by atoms with Crippen molar-refractivity contribution in [2.45, 2.75) is 6.92 Å². The fraction of sp³-hybridized carbons (Fsp3) is 0.0667. The van der Waals surface area contributed by atoms with Crippen LogP contribution in [0.15, 0.2) is 48.5 Å². The molecule has 4 heteroatoms. The lowest BCUT2D eigenvalue weighted by Crippen LogP contribution is -2.19. The lowest BCUT2D eigenvalue weighted by Gasteiger charge is -2.08. The predicted molar refractivity (Wildman–Crippen MR) is 75.6 cm³/mol. The third kappa shape index (κ3) is 3.67. The van der Waals surface area contributed by atoms with Crippen molar-refractivity contribution in [1.29, 1.82) is 0 Å². The van der Waals surface area contributed by atoms with E-state index in [9.17, 15) is 9.59 Å². The number of carbonyl (C=O) groups is 2. The standard InChI is InChI=1S/C15H14N2O2/c1-11-5-7-13(8-6-11)16-15(19)17-14-4-2-3-12(9-14)10-18/h2-10H,1H3,(H2,16,17,19). The van der Waals surface area contributed by atoms with Crippen LogP contribution in [0, 0.1) is 6.92 Å². The molecule has 96 valence electrons. The van der Waals surface area contributed by atoms with Gasteiger partial charge in [-0.25, -0.2) is 4.79 Å². The summed E-state index contributed by atoms with van der Waals surface area (Å²) in [4.78, 5) is 22.4. The monoisotopic (exact) mass is 254 g/mol. The maximum Gasteiger partial charge on any atom is 0.323 e. The molecule has 0 saturated carbocycles. The number of carbonyl (C=O) groups excluding carboxylic acids is 2. The molecule has 2 aromatic rings. The highest BCUT2D eigenvalue weighted by Gasteiger charge is 2.02. The number of urea groups is 1. The molecule has 0 spiro atoms. The molecule has 0 aliphatic carbocycles. The van der Waals surface area contributed by atoms with Crippen LogP contribution in [0.4, 0.5) is 16.2 Å². The van der Waals surface area contributed by atoms with E-state index in [0.29, 0.717) is 11.3 Å². The zero-order valence-electron chi connectivity index (χ0n) is 10.5. The fourth-order valence-corrected chi connectivity index (χ4v) is 1.62. The summed E-state index contributed by atoms with van der Waals surface area (Å²) >= 11 is 0. The minimum absolute atomic E-state index is 0.341. The second-order valence-electron chi connectivity index (χ2n) is 4.19. The van der Waals surface area contributed by atoms with Crippen LogP contribution in [0.1, 0.15) is 15.9 Å². The Morgan fingerprint density at radius 2 is 1.68 bits per heavy atom. The van der Waals surface area contributed by atoms with Crippen molar-refractivity contribution in [3.63, 3.8) is 0 Å². The topological polar surface area (TPSA) is 58.2 Å². The molecule has 0 bridgehead atoms. The first-order chi connectivity index (χ1) is 9.17. The van der Waals surface area contributed by atoms with Gasteiger partial charge in [0.1, 0.15) is 6.29 Å². The lowest BCUT2D eigenvalue weighted by atomic mass is 10.2. The summed E-state index contributed by atoms with van der Waals surface area (Å²) in [6.45, 7) is 1.98. The summed E-state index contributed by atoms with van der Waals surface area (Å²) in [6.07, 6.45) is 0.739. The van der Waals surface area contributed by atoms with Crippen LogP contribution in [0.2, 0.25) is 0 Å². The Balaban J connectivity index is 2.00. The van der Waals surface area contributed by atoms with Crippen molar-refractivity contribution in [3.05, 3.63) is 59.7 Å². The Hall–Kier alpha value is -2.62. The van der Waals surface area contributed by atoms with Crippen molar-refractivity contribution in [3.8, 4) is 0 Å². The van der Waals surface area contributed by atoms with Crippen LogP contribution in [0.25, 0.3) is 0 Å². The van der Waals surface area contributed by atoms with Gasteiger partial charge in [0.05, 0.1) is 0 Å². The Kier molecular flexibility index (Phi) is 3.93. The van der Waals surface area contributed by atoms with Crippen LogP contribution in [-0.4, -0.2) is 12.3 Å². The van der Waals surface area contributed by atoms with Gasteiger partial charge in [-0.3, -0.25) is 4.79 Å². The molecule has 0 heterocycles. The molecule has 4 nitrogen and oxygen atoms in total. The van der Waals surface area contributed by atoms with E-state index in [1.54, 1.807) is 24.3 Å². The lowest BCUT2D eigenvalue weighted by molar-refractivity contribution is 0.112. The molecule has 2 aromatic carbocycles. The molecule has 2 amide bonds. The van der Waals surface area contributed by atoms with Gasteiger partial charge in [-0.05, 0) is 31.2 Å². The highest BCUT2D eigenvalue weighted by molar-refractivity contribution is 6.00. The van der Waals surface area contributed by atoms with Gasteiger partial charge in [0.15, 0.2) is 0 Å². The Labute approximate surface area is 111 Å². The summed E-state index contributed by atoms with van der Waals surface area (Å²) in [7, 11) is 0. The molecule has 2 rings (SSSR count). The SMILES string of the molecule is Cc1ccc(NC(=O)Nc2cccc(C=O)c2)cc1. The number of hydrogen-bond donors (Lipinski definition) is 2. The summed E-state index contributed by atoms with van der Waals surface area (Å²) in [5.74, 6) is 0. The van der Waals surface area contributed by atoms with Crippen LogP contribution < -0.4 is 10.6 Å². The summed E-state index contributed by atoms with van der Waals surface area (Å²) in [6, 6.07) is 13.9. The van der Waals surface area contributed by atoms with Crippen molar-refractivity contribution >= 4 is 23.7 Å². The van der Waals surface area contributed by atoms with Gasteiger partial charge in [0, 0.05) is 16.9 Å². The van der Waals surface area contributed by atoms with Crippen LogP contribution in [0.3, 0.4) is 0 Å². The van der Waals surface area contributed by atoms with E-state index in [0.717, 1.165) is 17.5 Å². The van der Waals surface area contributed by atoms with Crippen molar-refractivity contribution < 1.29 is 9.59 Å². The molecular formula is C15H14N2O2. The minimum Gasteiger partial charge on any atom is -0.308 e. The Bertz CT molecular complexity index is 591. The first-order valence-corrected chi connectivity index (χ1v) is 5.87. The van der Waals surface area contributed by atoms with Crippen LogP contribution >= 0.6 is 0 Å². The molecule has 0 fully saturated rings. The molecule has 0 saturated heterocycles. The quantitative estimate of drug-likeness (QED) is 0.824. The number of aldehydes is 1. The van der Waals surface area contributed by atoms with Gasteiger partial charge >= 0.3 is 6.03 Å². The molecule has 0 atom stereocenters. The highest BCUT2D eigenvalue weighted by atomic mass is 16.2. The zero-order valence-corrected chi connectivity index (χ0v) is 10.5. The first kappa shape index (κ1) is 12.8. The number of nitrogens with one attached hydrogen (secondary N) is 2. The molecule has 2 N–H and O–H groups in total. The molecular weight excluding hydrogens is 240 g/mol. The van der Waals surface area contributed by atoms with E-state index in [-0.39, 0.29) is 6.03 Å². The number of rotatable bonds is 3. The Morgan fingerprint density at radius 3 is 2.37 bits per heavy atom. The van der Waals surface area contributed by atoms with E-state index < -0.39 is 0 Å². The average molecular weight is 254 g/mol.